The van der Waals surface area contributed by atoms with Crippen molar-refractivity contribution < 1.29 is 9.53 Å². The highest BCUT2D eigenvalue weighted by molar-refractivity contribution is 9.10. The Kier molecular flexibility index (Phi) is 5.17. The van der Waals surface area contributed by atoms with Gasteiger partial charge >= 0.3 is 6.09 Å². The number of ether oxygens (including phenoxy) is 1. The predicted octanol–water partition coefficient (Wildman–Crippen LogP) is 5.23. The lowest BCUT2D eigenvalue weighted by atomic mass is 10.1. The minimum absolute atomic E-state index is 0.236. The summed E-state index contributed by atoms with van der Waals surface area (Å²) in [7, 11) is 0. The van der Waals surface area contributed by atoms with E-state index in [1.54, 1.807) is 0 Å². The molecule has 0 spiro atoms. The number of benzene rings is 2. The number of amides is 1. The zero-order chi connectivity index (χ0) is 15.2. The van der Waals surface area contributed by atoms with E-state index in [2.05, 4.69) is 27.8 Å². The average molecular weight is 346 g/mol. The van der Waals surface area contributed by atoms with Gasteiger partial charge in [-0.3, -0.25) is 5.32 Å². The van der Waals surface area contributed by atoms with Crippen LogP contribution in [-0.4, -0.2) is 6.09 Å². The van der Waals surface area contributed by atoms with Crippen LogP contribution in [0, 0.1) is 0 Å². The fourth-order valence-corrected chi connectivity index (χ4v) is 2.33. The van der Waals surface area contributed by atoms with E-state index in [0.717, 1.165) is 21.2 Å². The first-order chi connectivity index (χ1) is 10.1. The number of anilines is 1. The minimum Gasteiger partial charge on any atom is -0.444 e. The highest BCUT2D eigenvalue weighted by Gasteiger charge is 2.11. The number of rotatable bonds is 4. The fraction of sp³-hybridized carbons (Fsp3) is 0.118. The van der Waals surface area contributed by atoms with E-state index in [1.807, 2.05) is 55.5 Å². The summed E-state index contributed by atoms with van der Waals surface area (Å²) in [6, 6.07) is 15.2. The third-order valence-electron chi connectivity index (χ3n) is 2.91. The molecule has 0 saturated heterocycles. The second-order valence-corrected chi connectivity index (χ2v) is 5.48. The molecule has 0 aliphatic carbocycles. The Morgan fingerprint density at radius 1 is 1.19 bits per heavy atom. The highest BCUT2D eigenvalue weighted by Crippen LogP contribution is 2.30. The van der Waals surface area contributed by atoms with Gasteiger partial charge in [0.05, 0.1) is 5.69 Å². The third kappa shape index (κ3) is 4.20. The zero-order valence-electron chi connectivity index (χ0n) is 11.7. The van der Waals surface area contributed by atoms with Crippen molar-refractivity contribution in [1.82, 2.24) is 0 Å². The summed E-state index contributed by atoms with van der Waals surface area (Å²) in [5.74, 6) is 0. The van der Waals surface area contributed by atoms with Crippen LogP contribution in [0.4, 0.5) is 10.5 Å². The van der Waals surface area contributed by atoms with Crippen LogP contribution in [-0.2, 0) is 11.3 Å². The van der Waals surface area contributed by atoms with Gasteiger partial charge in [-0.2, -0.15) is 0 Å². The minimum atomic E-state index is -0.492. The van der Waals surface area contributed by atoms with Gasteiger partial charge in [0.25, 0.3) is 0 Å². The largest absolute Gasteiger partial charge is 0.444 e. The van der Waals surface area contributed by atoms with Crippen LogP contribution in [0.15, 0.2) is 59.6 Å². The summed E-state index contributed by atoms with van der Waals surface area (Å²) in [6.45, 7) is 6.04. The Bertz CT molecular complexity index is 653. The van der Waals surface area contributed by atoms with Crippen molar-refractivity contribution in [2.75, 3.05) is 5.32 Å². The van der Waals surface area contributed by atoms with Crippen molar-refractivity contribution in [3.63, 3.8) is 0 Å². The van der Waals surface area contributed by atoms with Gasteiger partial charge in [0, 0.05) is 10.0 Å². The van der Waals surface area contributed by atoms with Crippen molar-refractivity contribution in [2.45, 2.75) is 13.5 Å². The zero-order valence-corrected chi connectivity index (χ0v) is 13.3. The van der Waals surface area contributed by atoms with E-state index in [0.29, 0.717) is 5.69 Å². The number of carbonyl (C=O) groups is 1. The first kappa shape index (κ1) is 15.3. The van der Waals surface area contributed by atoms with Crippen molar-refractivity contribution in [2.24, 2.45) is 0 Å². The van der Waals surface area contributed by atoms with Gasteiger partial charge in [-0.05, 0) is 40.1 Å². The third-order valence-corrected chi connectivity index (χ3v) is 3.57. The molecule has 2 aromatic carbocycles. The maximum atomic E-state index is 11.9. The smallest absolute Gasteiger partial charge is 0.412 e. The molecule has 0 bridgehead atoms. The Morgan fingerprint density at radius 3 is 2.57 bits per heavy atom. The lowest BCUT2D eigenvalue weighted by molar-refractivity contribution is 0.155. The van der Waals surface area contributed by atoms with E-state index >= 15 is 0 Å². The number of halogens is 1. The summed E-state index contributed by atoms with van der Waals surface area (Å²) in [5, 5.41) is 2.76. The standard InChI is InChI=1S/C17H16BrNO2/c1-12(2)14-9-6-10-15(18)16(14)19-17(20)21-11-13-7-4-3-5-8-13/h3-10H,1,11H2,2H3,(H,19,20). The Labute approximate surface area is 132 Å². The molecule has 4 heteroatoms. The highest BCUT2D eigenvalue weighted by atomic mass is 79.9. The molecule has 0 aromatic heterocycles. The maximum absolute atomic E-state index is 11.9. The first-order valence-electron chi connectivity index (χ1n) is 6.50. The molecule has 0 saturated carbocycles. The number of para-hydroxylation sites is 1. The van der Waals surface area contributed by atoms with Crippen molar-refractivity contribution >= 4 is 33.3 Å². The summed E-state index contributed by atoms with van der Waals surface area (Å²) < 4.78 is 6.01. The fourth-order valence-electron chi connectivity index (χ4n) is 1.87. The molecule has 0 heterocycles. The monoisotopic (exact) mass is 345 g/mol. The number of nitrogens with one attached hydrogen (secondary N) is 1. The second-order valence-electron chi connectivity index (χ2n) is 4.63. The lowest BCUT2D eigenvalue weighted by Crippen LogP contribution is -2.15. The molecule has 2 aromatic rings. The molecule has 1 amide bonds. The topological polar surface area (TPSA) is 38.3 Å². The van der Waals surface area contributed by atoms with Gasteiger partial charge < -0.3 is 4.74 Å². The SMILES string of the molecule is C=C(C)c1cccc(Br)c1NC(=O)OCc1ccccc1. The van der Waals surface area contributed by atoms with E-state index in [4.69, 9.17) is 4.74 Å². The lowest BCUT2D eigenvalue weighted by Gasteiger charge is -2.13. The summed E-state index contributed by atoms with van der Waals surface area (Å²) in [5.41, 5.74) is 3.36. The normalized spacial score (nSPS) is 10.0. The molecule has 0 atom stereocenters. The van der Waals surface area contributed by atoms with Gasteiger partial charge in [0.2, 0.25) is 0 Å². The van der Waals surface area contributed by atoms with Crippen LogP contribution in [0.3, 0.4) is 0 Å². The molecule has 0 aliphatic heterocycles. The van der Waals surface area contributed by atoms with Gasteiger partial charge in [-0.1, -0.05) is 49.0 Å². The van der Waals surface area contributed by atoms with Crippen LogP contribution in [0.2, 0.25) is 0 Å². The molecule has 0 aliphatic rings. The molecule has 0 unspecified atom stereocenters. The second kappa shape index (κ2) is 7.09. The van der Waals surface area contributed by atoms with E-state index in [1.165, 1.54) is 0 Å². The van der Waals surface area contributed by atoms with E-state index < -0.39 is 6.09 Å². The van der Waals surface area contributed by atoms with Crippen molar-refractivity contribution in [3.8, 4) is 0 Å². The molecule has 1 N–H and O–H groups in total. The number of hydrogen-bond donors (Lipinski definition) is 1. The predicted molar refractivity (Wildman–Crippen MR) is 89.1 cm³/mol. The van der Waals surface area contributed by atoms with Gasteiger partial charge in [0.15, 0.2) is 0 Å². The summed E-state index contributed by atoms with van der Waals surface area (Å²) in [6.07, 6.45) is -0.492. The number of hydrogen-bond acceptors (Lipinski definition) is 2. The quantitative estimate of drug-likeness (QED) is 0.823. The molecule has 108 valence electrons. The molecule has 21 heavy (non-hydrogen) atoms. The molecule has 3 nitrogen and oxygen atoms in total. The van der Waals surface area contributed by atoms with Gasteiger partial charge in [-0.15, -0.1) is 0 Å². The van der Waals surface area contributed by atoms with Crippen LogP contribution in [0.1, 0.15) is 18.1 Å². The van der Waals surface area contributed by atoms with Crippen LogP contribution < -0.4 is 5.32 Å². The summed E-state index contributed by atoms with van der Waals surface area (Å²) >= 11 is 3.43. The van der Waals surface area contributed by atoms with Crippen LogP contribution in [0.5, 0.6) is 0 Å². The Morgan fingerprint density at radius 2 is 1.90 bits per heavy atom. The molecule has 0 radical (unpaired) electrons. The Balaban J connectivity index is 2.05. The van der Waals surface area contributed by atoms with E-state index in [9.17, 15) is 4.79 Å². The molecule has 0 fully saturated rings. The van der Waals surface area contributed by atoms with Crippen LogP contribution >= 0.6 is 15.9 Å². The van der Waals surface area contributed by atoms with Crippen molar-refractivity contribution in [3.05, 3.63) is 70.7 Å². The first-order valence-corrected chi connectivity index (χ1v) is 7.29. The summed E-state index contributed by atoms with van der Waals surface area (Å²) in [4.78, 5) is 11.9. The van der Waals surface area contributed by atoms with E-state index in [-0.39, 0.29) is 6.61 Å². The Hall–Kier alpha value is -2.07. The van der Waals surface area contributed by atoms with Gasteiger partial charge in [-0.25, -0.2) is 4.79 Å². The average Bonchev–Trinajstić information content (AvgIpc) is 2.48. The number of allylic oxidation sites excluding steroid dienone is 1. The maximum Gasteiger partial charge on any atom is 0.412 e. The molecular weight excluding hydrogens is 330 g/mol. The molecular formula is C17H16BrNO2. The van der Waals surface area contributed by atoms with Crippen molar-refractivity contribution in [1.29, 1.82) is 0 Å². The number of carbonyl (C=O) groups excluding carboxylic acids is 1. The van der Waals surface area contributed by atoms with Crippen LogP contribution in [0.25, 0.3) is 5.57 Å². The molecule has 2 rings (SSSR count). The van der Waals surface area contributed by atoms with Gasteiger partial charge in [0.1, 0.15) is 6.61 Å².